The van der Waals surface area contributed by atoms with Crippen LogP contribution in [0.25, 0.3) is 33.4 Å². The molecule has 7 heterocycles. The predicted molar refractivity (Wildman–Crippen MR) is 237 cm³/mol. The van der Waals surface area contributed by atoms with Gasteiger partial charge in [0.1, 0.15) is 17.1 Å². The highest BCUT2D eigenvalue weighted by Gasteiger charge is 2.55. The second-order valence-electron chi connectivity index (χ2n) is 20.1. The molecule has 2 N–H and O–H groups in total. The van der Waals surface area contributed by atoms with Gasteiger partial charge >= 0.3 is 5.97 Å². The first kappa shape index (κ1) is 41.3. The summed E-state index contributed by atoms with van der Waals surface area (Å²) in [5, 5.41) is 18.8. The molecule has 1 spiro atoms. The molecule has 10 rings (SSSR count). The van der Waals surface area contributed by atoms with E-state index in [2.05, 4.69) is 101 Å². The average molecular weight is 858 g/mol. The van der Waals surface area contributed by atoms with Gasteiger partial charge in [-0.15, -0.1) is 11.3 Å². The van der Waals surface area contributed by atoms with E-state index in [0.717, 1.165) is 95.7 Å². The van der Waals surface area contributed by atoms with Gasteiger partial charge in [-0.1, -0.05) is 33.8 Å². The summed E-state index contributed by atoms with van der Waals surface area (Å²) in [6, 6.07) is 11.2. The van der Waals surface area contributed by atoms with Crippen molar-refractivity contribution in [2.75, 3.05) is 39.8 Å². The van der Waals surface area contributed by atoms with Crippen molar-refractivity contribution >= 4 is 40.0 Å². The van der Waals surface area contributed by atoms with Gasteiger partial charge in [-0.25, -0.2) is 10.4 Å². The van der Waals surface area contributed by atoms with Gasteiger partial charge in [-0.3, -0.25) is 34.2 Å². The second-order valence-corrected chi connectivity index (χ2v) is 21.0. The van der Waals surface area contributed by atoms with Crippen LogP contribution in [0.3, 0.4) is 0 Å². The number of likely N-dealkylation sites (tertiary alicyclic amines) is 2. The van der Waals surface area contributed by atoms with Gasteiger partial charge in [0.2, 0.25) is 5.91 Å². The van der Waals surface area contributed by atoms with Crippen molar-refractivity contribution < 1.29 is 19.1 Å². The number of fused-ring (bicyclic) bond motifs is 6. The number of benzene rings is 1. The molecule has 4 aromatic rings. The molecule has 6 bridgehead atoms. The first-order valence-corrected chi connectivity index (χ1v) is 23.7. The number of hydrogen-bond donors (Lipinski definition) is 2. The molecule has 3 saturated heterocycles. The Balaban J connectivity index is 1.13. The lowest BCUT2D eigenvalue weighted by Gasteiger charge is -2.55. The highest BCUT2D eigenvalue weighted by molar-refractivity contribution is 7.10. The fourth-order valence-corrected chi connectivity index (χ4v) is 12.5. The molecule has 2 saturated carbocycles. The van der Waals surface area contributed by atoms with E-state index in [0.29, 0.717) is 25.8 Å². The number of hydrogen-bond acceptors (Lipinski definition) is 11. The maximum Gasteiger partial charge on any atom is 0.324 e. The number of esters is 1. The van der Waals surface area contributed by atoms with Crippen LogP contribution in [0.1, 0.15) is 95.3 Å². The molecule has 2 aliphatic carbocycles. The third-order valence-corrected chi connectivity index (χ3v) is 16.3. The number of pyridine rings is 1. The molecule has 8 atom stereocenters. The molecule has 1 unspecified atom stereocenters. The Labute approximate surface area is 368 Å². The number of likely N-dealkylation sites (N-methyl/N-ethyl adjacent to an activating group) is 1. The molecular weight excluding hydrogens is 799 g/mol. The zero-order chi connectivity index (χ0) is 43.1. The molecular formula is C48H59N9O4S. The summed E-state index contributed by atoms with van der Waals surface area (Å²) in [5.41, 5.74) is 8.96. The SMILES string of the molecule is C[C@@H]1C(C(=O)N[C@@H]2C(=O)N3CCC[C@H](N3)C(=O)OCC(C)(C)Cc3c(-c4cccnc4)n([C@@H]4CC[C@@H](C#N)C4)c4ccc(cc34)-c3csc(n3)[C@H]2N2CC3(CCCN3C)C2)[C@@H]1C. The summed E-state index contributed by atoms with van der Waals surface area (Å²) in [4.78, 5) is 58.0. The highest BCUT2D eigenvalue weighted by atomic mass is 32.1. The lowest BCUT2D eigenvalue weighted by molar-refractivity contribution is -0.156. The number of thiazole rings is 1. The lowest BCUT2D eigenvalue weighted by Crippen LogP contribution is -2.70. The summed E-state index contributed by atoms with van der Waals surface area (Å²) < 4.78 is 8.65. The summed E-state index contributed by atoms with van der Waals surface area (Å²) in [5.74, 6) is -0.448. The standard InChI is InChI=1S/C48H59N9O4S/c1-28-29(2)39(28)43(58)52-40-42(55-25-48(26-55)15-8-17-54(48)5)44-51-37(24-62-44)31-12-14-38-34(20-31)35(21-47(3,4)27-61-46(60)36-10-7-18-56(53-36)45(40)59)41(32-9-6-16-50-23-32)57(38)33-13-11-30(19-33)22-49/h6,9,12,14,16,20,23-24,28-30,33,36,39-40,42,53H,7-8,10-11,13,15,17-19,21,25-27H2,1-5H3,(H,52,58)/t28-,29+,30-,33-,36+,39?,40+,42+/m1/s1. The number of carbonyl (C=O) groups is 3. The zero-order valence-electron chi connectivity index (χ0n) is 36.6. The van der Waals surface area contributed by atoms with Crippen LogP contribution in [-0.4, -0.2) is 105 Å². The first-order chi connectivity index (χ1) is 29.8. The molecule has 13 nitrogen and oxygen atoms in total. The van der Waals surface area contributed by atoms with Gasteiger partial charge in [-0.2, -0.15) is 5.26 Å². The third kappa shape index (κ3) is 7.22. The van der Waals surface area contributed by atoms with Crippen molar-refractivity contribution in [1.82, 2.24) is 40.1 Å². The predicted octanol–water partition coefficient (Wildman–Crippen LogP) is 6.52. The van der Waals surface area contributed by atoms with E-state index in [1.807, 2.05) is 12.3 Å². The van der Waals surface area contributed by atoms with Crippen molar-refractivity contribution in [1.29, 1.82) is 5.26 Å². The van der Waals surface area contributed by atoms with E-state index in [9.17, 15) is 14.9 Å². The first-order valence-electron chi connectivity index (χ1n) is 22.8. The van der Waals surface area contributed by atoms with Crippen LogP contribution < -0.4 is 10.7 Å². The van der Waals surface area contributed by atoms with E-state index in [1.165, 1.54) is 0 Å². The van der Waals surface area contributed by atoms with Crippen LogP contribution in [0.2, 0.25) is 0 Å². The van der Waals surface area contributed by atoms with Crippen molar-refractivity contribution in [2.45, 2.75) is 109 Å². The number of rotatable bonds is 5. The Bertz CT molecular complexity index is 2430. The van der Waals surface area contributed by atoms with Crippen molar-refractivity contribution in [3.05, 3.63) is 58.7 Å². The average Bonchev–Trinajstić information content (AvgIpc) is 3.87. The van der Waals surface area contributed by atoms with Crippen molar-refractivity contribution in [2.24, 2.45) is 29.1 Å². The molecule has 326 valence electrons. The van der Waals surface area contributed by atoms with Gasteiger partial charge in [-0.05, 0) is 107 Å². The van der Waals surface area contributed by atoms with Gasteiger partial charge < -0.3 is 14.6 Å². The fourth-order valence-electron chi connectivity index (χ4n) is 11.5. The number of ether oxygens (including phenoxy) is 1. The van der Waals surface area contributed by atoms with Crippen LogP contribution in [0.5, 0.6) is 0 Å². The Hall–Kier alpha value is -4.68. The number of amides is 2. The van der Waals surface area contributed by atoms with Crippen LogP contribution >= 0.6 is 11.3 Å². The smallest absolute Gasteiger partial charge is 0.324 e. The summed E-state index contributed by atoms with van der Waals surface area (Å²) >= 11 is 1.54. The number of cyclic esters (lactones) is 1. The molecule has 2 amide bonds. The molecule has 14 heteroatoms. The molecule has 62 heavy (non-hydrogen) atoms. The summed E-state index contributed by atoms with van der Waals surface area (Å²) in [7, 11) is 2.19. The van der Waals surface area contributed by atoms with Gasteiger partial charge in [0, 0.05) is 88.3 Å². The van der Waals surface area contributed by atoms with E-state index < -0.39 is 29.5 Å². The number of carbonyl (C=O) groups excluding carboxylic acids is 3. The van der Waals surface area contributed by atoms with Crippen LogP contribution in [0.15, 0.2) is 48.1 Å². The Kier molecular flexibility index (Phi) is 10.6. The molecule has 3 aromatic heterocycles. The Morgan fingerprint density at radius 1 is 1.06 bits per heavy atom. The Morgan fingerprint density at radius 2 is 1.89 bits per heavy atom. The molecule has 4 aliphatic heterocycles. The fraction of sp³-hybridized carbons (Fsp3) is 0.583. The number of hydrazine groups is 1. The third-order valence-electron chi connectivity index (χ3n) is 15.4. The monoisotopic (exact) mass is 857 g/mol. The normalized spacial score (nSPS) is 31.1. The Morgan fingerprint density at radius 3 is 2.60 bits per heavy atom. The number of nitriles is 1. The van der Waals surface area contributed by atoms with E-state index in [1.54, 1.807) is 22.5 Å². The zero-order valence-corrected chi connectivity index (χ0v) is 37.4. The van der Waals surface area contributed by atoms with Crippen molar-refractivity contribution in [3.63, 3.8) is 0 Å². The maximum absolute atomic E-state index is 15.1. The second kappa shape index (κ2) is 15.8. The minimum Gasteiger partial charge on any atom is -0.464 e. The van der Waals surface area contributed by atoms with E-state index in [4.69, 9.17) is 9.72 Å². The quantitative estimate of drug-likeness (QED) is 0.213. The highest BCUT2D eigenvalue weighted by Crippen LogP contribution is 2.48. The molecule has 1 aromatic carbocycles. The van der Waals surface area contributed by atoms with Crippen molar-refractivity contribution in [3.8, 4) is 28.6 Å². The van der Waals surface area contributed by atoms with Gasteiger partial charge in [0.25, 0.3) is 5.91 Å². The molecule has 0 radical (unpaired) electrons. The minimum absolute atomic E-state index is 0.00182. The summed E-state index contributed by atoms with van der Waals surface area (Å²) in [6.45, 7) is 11.6. The lowest BCUT2D eigenvalue weighted by atomic mass is 9.84. The number of aromatic nitrogens is 3. The van der Waals surface area contributed by atoms with E-state index >= 15 is 4.79 Å². The van der Waals surface area contributed by atoms with Crippen LogP contribution in [-0.2, 0) is 25.5 Å². The van der Waals surface area contributed by atoms with Crippen LogP contribution in [0.4, 0.5) is 0 Å². The number of nitrogens with one attached hydrogen (secondary N) is 2. The maximum atomic E-state index is 15.1. The van der Waals surface area contributed by atoms with Gasteiger partial charge in [0.15, 0.2) is 0 Å². The number of nitrogens with zero attached hydrogens (tertiary/aromatic N) is 7. The minimum atomic E-state index is -0.931. The van der Waals surface area contributed by atoms with E-state index in [-0.39, 0.29) is 53.7 Å². The largest absolute Gasteiger partial charge is 0.464 e. The molecule has 6 aliphatic rings. The summed E-state index contributed by atoms with van der Waals surface area (Å²) in [6.07, 6.45) is 10.2. The van der Waals surface area contributed by atoms with Gasteiger partial charge in [0.05, 0.1) is 30.1 Å². The molecule has 5 fully saturated rings. The topological polar surface area (TPSA) is 149 Å². The van der Waals surface area contributed by atoms with Crippen LogP contribution in [0, 0.1) is 40.4 Å².